The molecule has 0 bridgehead atoms. The highest BCUT2D eigenvalue weighted by Gasteiger charge is 2.28. The van der Waals surface area contributed by atoms with Gasteiger partial charge in [0, 0.05) is 25.8 Å². The van der Waals surface area contributed by atoms with Gasteiger partial charge in [0.05, 0.1) is 12.8 Å². The third kappa shape index (κ3) is 4.90. The highest BCUT2D eigenvalue weighted by molar-refractivity contribution is 5.74. The van der Waals surface area contributed by atoms with E-state index in [9.17, 15) is 14.0 Å². The summed E-state index contributed by atoms with van der Waals surface area (Å²) >= 11 is 0. The normalized spacial score (nSPS) is 16.8. The first-order valence-electron chi connectivity index (χ1n) is 9.29. The zero-order chi connectivity index (χ0) is 19.4. The van der Waals surface area contributed by atoms with Crippen molar-refractivity contribution in [2.75, 3.05) is 26.7 Å². The summed E-state index contributed by atoms with van der Waals surface area (Å²) in [7, 11) is 1.33. The van der Waals surface area contributed by atoms with Gasteiger partial charge in [-0.15, -0.1) is 0 Å². The molecule has 0 amide bonds. The van der Waals surface area contributed by atoms with Crippen LogP contribution in [0.2, 0.25) is 0 Å². The number of carbonyl (C=O) groups is 1. The summed E-state index contributed by atoms with van der Waals surface area (Å²) in [5, 5.41) is 0. The Morgan fingerprint density at radius 2 is 2.00 bits per heavy atom. The van der Waals surface area contributed by atoms with E-state index in [2.05, 4.69) is 4.98 Å². The highest BCUT2D eigenvalue weighted by atomic mass is 19.1. The molecule has 0 N–H and O–H groups in total. The van der Waals surface area contributed by atoms with Gasteiger partial charge in [0.1, 0.15) is 12.2 Å². The Labute approximate surface area is 154 Å². The molecule has 1 aliphatic rings. The van der Waals surface area contributed by atoms with Gasteiger partial charge in [-0.1, -0.05) is 27.7 Å². The van der Waals surface area contributed by atoms with Crippen LogP contribution in [-0.2, 0) is 16.0 Å². The summed E-state index contributed by atoms with van der Waals surface area (Å²) in [4.78, 5) is 31.1. The standard InChI is InChI=1S/C19H30FN3O3/c1-12(2)8-16(18(24)26-5)23-9-14(6-7-22-10-15(20)11-22)17(13(3)4)21-19(23)25/h9,12-13,15-16H,6-8,10-11H2,1-5H3/t16-/m0/s1. The molecule has 1 saturated heterocycles. The molecule has 146 valence electrons. The number of likely N-dealkylation sites (tertiary alicyclic amines) is 1. The summed E-state index contributed by atoms with van der Waals surface area (Å²) in [6.07, 6.45) is 2.19. The van der Waals surface area contributed by atoms with Crippen LogP contribution in [0.25, 0.3) is 0 Å². The second-order valence-electron chi connectivity index (χ2n) is 7.77. The lowest BCUT2D eigenvalue weighted by molar-refractivity contribution is -0.145. The first-order chi connectivity index (χ1) is 12.2. The van der Waals surface area contributed by atoms with Crippen molar-refractivity contribution in [3.8, 4) is 0 Å². The maximum atomic E-state index is 13.0. The number of hydrogen-bond donors (Lipinski definition) is 0. The minimum absolute atomic E-state index is 0.0966. The molecule has 0 spiro atoms. The van der Waals surface area contributed by atoms with Crippen molar-refractivity contribution in [2.24, 2.45) is 5.92 Å². The van der Waals surface area contributed by atoms with Gasteiger partial charge in [0.15, 0.2) is 0 Å². The number of nitrogens with zero attached hydrogens (tertiary/aromatic N) is 3. The average molecular weight is 367 g/mol. The highest BCUT2D eigenvalue weighted by Crippen LogP contribution is 2.22. The van der Waals surface area contributed by atoms with Crippen molar-refractivity contribution < 1.29 is 13.9 Å². The van der Waals surface area contributed by atoms with Gasteiger partial charge in [-0.25, -0.2) is 14.0 Å². The van der Waals surface area contributed by atoms with E-state index in [1.54, 1.807) is 6.20 Å². The van der Waals surface area contributed by atoms with E-state index >= 15 is 0 Å². The quantitative estimate of drug-likeness (QED) is 0.660. The van der Waals surface area contributed by atoms with Crippen LogP contribution in [0.5, 0.6) is 0 Å². The third-order valence-corrected chi connectivity index (χ3v) is 4.72. The fourth-order valence-corrected chi connectivity index (χ4v) is 3.31. The van der Waals surface area contributed by atoms with Crippen molar-refractivity contribution in [3.63, 3.8) is 0 Å². The average Bonchev–Trinajstić information content (AvgIpc) is 2.55. The van der Waals surface area contributed by atoms with E-state index in [0.29, 0.717) is 32.5 Å². The Hall–Kier alpha value is -1.76. The first-order valence-corrected chi connectivity index (χ1v) is 9.29. The monoisotopic (exact) mass is 367 g/mol. The number of alkyl halides is 1. The van der Waals surface area contributed by atoms with Crippen LogP contribution in [0.3, 0.4) is 0 Å². The van der Waals surface area contributed by atoms with Crippen LogP contribution in [0.15, 0.2) is 11.0 Å². The van der Waals surface area contributed by atoms with E-state index in [0.717, 1.165) is 11.3 Å². The van der Waals surface area contributed by atoms with Gasteiger partial charge in [0.2, 0.25) is 0 Å². The smallest absolute Gasteiger partial charge is 0.348 e. The van der Waals surface area contributed by atoms with E-state index in [1.165, 1.54) is 11.7 Å². The van der Waals surface area contributed by atoms with Crippen LogP contribution in [0.4, 0.5) is 4.39 Å². The summed E-state index contributed by atoms with van der Waals surface area (Å²) in [6.45, 7) is 9.60. The van der Waals surface area contributed by atoms with Gasteiger partial charge in [-0.3, -0.25) is 9.47 Å². The molecular weight excluding hydrogens is 337 g/mol. The van der Waals surface area contributed by atoms with Crippen LogP contribution >= 0.6 is 0 Å². The van der Waals surface area contributed by atoms with Crippen LogP contribution in [-0.4, -0.2) is 53.3 Å². The zero-order valence-corrected chi connectivity index (χ0v) is 16.4. The largest absolute Gasteiger partial charge is 0.467 e. The molecule has 0 unspecified atom stereocenters. The van der Waals surface area contributed by atoms with Gasteiger partial charge >= 0.3 is 11.7 Å². The Morgan fingerprint density at radius 1 is 1.35 bits per heavy atom. The summed E-state index contributed by atoms with van der Waals surface area (Å²) in [5.41, 5.74) is 1.25. The minimum atomic E-state index is -0.735. The first kappa shape index (κ1) is 20.6. The van der Waals surface area contributed by atoms with Crippen molar-refractivity contribution in [1.82, 2.24) is 14.5 Å². The van der Waals surface area contributed by atoms with Crippen molar-refractivity contribution >= 4 is 5.97 Å². The van der Waals surface area contributed by atoms with E-state index in [1.807, 2.05) is 32.6 Å². The number of esters is 1. The summed E-state index contributed by atoms with van der Waals surface area (Å²) < 4.78 is 19.3. The van der Waals surface area contributed by atoms with Crippen LogP contribution < -0.4 is 5.69 Å². The van der Waals surface area contributed by atoms with Crippen molar-refractivity contribution in [2.45, 2.75) is 58.7 Å². The fourth-order valence-electron chi connectivity index (χ4n) is 3.31. The second-order valence-corrected chi connectivity index (χ2v) is 7.77. The molecule has 0 radical (unpaired) electrons. The Bertz CT molecular complexity index is 681. The van der Waals surface area contributed by atoms with Gasteiger partial charge < -0.3 is 4.74 Å². The number of carbonyl (C=O) groups excluding carboxylic acids is 1. The molecule has 2 heterocycles. The number of ether oxygens (including phenoxy) is 1. The molecule has 0 aliphatic carbocycles. The Kier molecular flexibility index (Phi) is 6.92. The lowest BCUT2D eigenvalue weighted by Gasteiger charge is -2.34. The topological polar surface area (TPSA) is 64.4 Å². The van der Waals surface area contributed by atoms with Crippen LogP contribution in [0.1, 0.15) is 57.3 Å². The van der Waals surface area contributed by atoms with E-state index in [-0.39, 0.29) is 11.8 Å². The maximum Gasteiger partial charge on any atom is 0.348 e. The molecule has 1 atom stereocenters. The third-order valence-electron chi connectivity index (χ3n) is 4.72. The molecule has 1 aromatic rings. The minimum Gasteiger partial charge on any atom is -0.467 e. The molecular formula is C19H30FN3O3. The molecule has 1 aromatic heterocycles. The molecule has 26 heavy (non-hydrogen) atoms. The number of methoxy groups -OCH3 is 1. The second kappa shape index (κ2) is 8.75. The Balaban J connectivity index is 2.34. The molecule has 7 heteroatoms. The van der Waals surface area contributed by atoms with Crippen molar-refractivity contribution in [3.05, 3.63) is 27.9 Å². The van der Waals surface area contributed by atoms with E-state index < -0.39 is 23.9 Å². The number of halogens is 1. The Morgan fingerprint density at radius 3 is 2.50 bits per heavy atom. The maximum absolute atomic E-state index is 13.0. The molecule has 1 fully saturated rings. The fraction of sp³-hybridized carbons (Fsp3) is 0.737. The van der Waals surface area contributed by atoms with Gasteiger partial charge in [0.25, 0.3) is 0 Å². The summed E-state index contributed by atoms with van der Waals surface area (Å²) in [5.74, 6) is -0.116. The van der Waals surface area contributed by atoms with E-state index in [4.69, 9.17) is 4.74 Å². The lowest BCUT2D eigenvalue weighted by atomic mass is 10.0. The van der Waals surface area contributed by atoms with Gasteiger partial charge in [-0.05, 0) is 30.2 Å². The molecule has 0 aromatic carbocycles. The van der Waals surface area contributed by atoms with Gasteiger partial charge in [-0.2, -0.15) is 4.98 Å². The van der Waals surface area contributed by atoms with Crippen molar-refractivity contribution in [1.29, 1.82) is 0 Å². The number of rotatable bonds is 8. The predicted molar refractivity (Wildman–Crippen MR) is 98.1 cm³/mol. The molecule has 1 aliphatic heterocycles. The number of hydrogen-bond acceptors (Lipinski definition) is 5. The zero-order valence-electron chi connectivity index (χ0n) is 16.4. The molecule has 6 nitrogen and oxygen atoms in total. The molecule has 2 rings (SSSR count). The van der Waals surface area contributed by atoms with Crippen LogP contribution in [0, 0.1) is 5.92 Å². The lowest BCUT2D eigenvalue weighted by Crippen LogP contribution is -2.49. The SMILES string of the molecule is COC(=O)[C@H](CC(C)C)n1cc(CCN2CC(F)C2)c(C(C)C)nc1=O. The number of aromatic nitrogens is 2. The molecule has 0 saturated carbocycles. The predicted octanol–water partition coefficient (Wildman–Crippen LogP) is 2.32. The summed E-state index contributed by atoms with van der Waals surface area (Å²) in [6, 6.07) is -0.681.